The van der Waals surface area contributed by atoms with Gasteiger partial charge in [0.25, 0.3) is 0 Å². The van der Waals surface area contributed by atoms with Crippen molar-refractivity contribution in [3.63, 3.8) is 0 Å². The van der Waals surface area contributed by atoms with Crippen molar-refractivity contribution in [3.8, 4) is 11.8 Å². The van der Waals surface area contributed by atoms with Crippen molar-refractivity contribution in [2.24, 2.45) is 0 Å². The molecule has 0 saturated carbocycles. The predicted molar refractivity (Wildman–Crippen MR) is 86.3 cm³/mol. The fourth-order valence-corrected chi connectivity index (χ4v) is 2.49. The second-order valence-corrected chi connectivity index (χ2v) is 4.82. The Hall–Kier alpha value is -2.27. The summed E-state index contributed by atoms with van der Waals surface area (Å²) in [6.45, 7) is 6.22. The first-order valence-electron chi connectivity index (χ1n) is 7.53. The number of carbonyl (C=O) groups excluding carboxylic acids is 1. The highest BCUT2D eigenvalue weighted by Crippen LogP contribution is 2.26. The molecule has 1 aromatic carbocycles. The zero-order chi connectivity index (χ0) is 15.2. The minimum atomic E-state index is 0.0672. The van der Waals surface area contributed by atoms with Gasteiger partial charge in [-0.25, -0.2) is 0 Å². The molecule has 0 N–H and O–H groups in total. The lowest BCUT2D eigenvalue weighted by Gasteiger charge is -2.27. The number of allylic oxidation sites excluding steroid dienone is 3. The fourth-order valence-electron chi connectivity index (χ4n) is 2.49. The van der Waals surface area contributed by atoms with E-state index in [-0.39, 0.29) is 5.91 Å². The van der Waals surface area contributed by atoms with Crippen LogP contribution in [0.1, 0.15) is 44.7 Å². The molecule has 1 aliphatic heterocycles. The standard InChI is InChI=1S/C17H15NO.C2H6/c1-13(19)18-12-16-8-3-2-6-14(16)10-11-15-7-4-5-9-17(15)18;1-2/h2-3,5-6,8-9H,4,7,12H2,1H3;1-2H3. The van der Waals surface area contributed by atoms with E-state index in [1.54, 1.807) is 6.92 Å². The third-order valence-electron chi connectivity index (χ3n) is 3.51. The molecule has 21 heavy (non-hydrogen) atoms. The van der Waals surface area contributed by atoms with E-state index < -0.39 is 0 Å². The number of benzene rings is 1. The van der Waals surface area contributed by atoms with Crippen molar-refractivity contribution in [1.82, 2.24) is 4.90 Å². The molecule has 2 heteroatoms. The smallest absolute Gasteiger partial charge is 0.224 e. The maximum atomic E-state index is 11.9. The maximum absolute atomic E-state index is 11.9. The molecule has 0 spiro atoms. The Balaban J connectivity index is 0.000000774. The van der Waals surface area contributed by atoms with Gasteiger partial charge in [-0.2, -0.15) is 0 Å². The van der Waals surface area contributed by atoms with Crippen LogP contribution in [0.5, 0.6) is 0 Å². The van der Waals surface area contributed by atoms with Crippen molar-refractivity contribution in [1.29, 1.82) is 0 Å². The summed E-state index contributed by atoms with van der Waals surface area (Å²) in [6, 6.07) is 8.04. The Labute approximate surface area is 127 Å². The van der Waals surface area contributed by atoms with Crippen LogP contribution in [0.4, 0.5) is 0 Å². The normalized spacial score (nSPS) is 15.5. The summed E-state index contributed by atoms with van der Waals surface area (Å²) in [4.78, 5) is 13.8. The molecule has 0 bridgehead atoms. The van der Waals surface area contributed by atoms with Gasteiger partial charge in [0, 0.05) is 18.1 Å². The second-order valence-electron chi connectivity index (χ2n) is 4.82. The molecule has 2 aliphatic rings. The lowest BCUT2D eigenvalue weighted by molar-refractivity contribution is -0.127. The van der Waals surface area contributed by atoms with Crippen molar-refractivity contribution in [2.45, 2.75) is 40.2 Å². The summed E-state index contributed by atoms with van der Waals surface area (Å²) >= 11 is 0. The monoisotopic (exact) mass is 279 g/mol. The Kier molecular flexibility index (Phi) is 5.00. The molecule has 1 aliphatic carbocycles. The number of nitrogens with zero attached hydrogens (tertiary/aromatic N) is 1. The Morgan fingerprint density at radius 2 is 1.95 bits per heavy atom. The van der Waals surface area contributed by atoms with E-state index in [2.05, 4.69) is 17.9 Å². The van der Waals surface area contributed by atoms with Crippen molar-refractivity contribution in [3.05, 3.63) is 58.8 Å². The first-order chi connectivity index (χ1) is 10.3. The van der Waals surface area contributed by atoms with Gasteiger partial charge in [-0.05, 0) is 30.5 Å². The fraction of sp³-hybridized carbons (Fsp3) is 0.316. The predicted octanol–water partition coefficient (Wildman–Crippen LogP) is 4.03. The number of carbonyl (C=O) groups is 1. The molecule has 0 unspecified atom stereocenters. The molecule has 0 fully saturated rings. The third-order valence-corrected chi connectivity index (χ3v) is 3.51. The number of amides is 1. The van der Waals surface area contributed by atoms with Gasteiger partial charge in [0.05, 0.1) is 12.2 Å². The van der Waals surface area contributed by atoms with E-state index in [4.69, 9.17) is 0 Å². The van der Waals surface area contributed by atoms with Gasteiger partial charge in [0.1, 0.15) is 0 Å². The van der Waals surface area contributed by atoms with Gasteiger partial charge in [-0.1, -0.05) is 50.0 Å². The Morgan fingerprint density at radius 3 is 2.71 bits per heavy atom. The molecule has 1 aromatic rings. The molecular formula is C19H21NO. The molecule has 2 nitrogen and oxygen atoms in total. The van der Waals surface area contributed by atoms with Crippen LogP contribution in [0.3, 0.4) is 0 Å². The van der Waals surface area contributed by atoms with Crippen LogP contribution in [-0.4, -0.2) is 10.8 Å². The summed E-state index contributed by atoms with van der Waals surface area (Å²) in [6.07, 6.45) is 6.07. The Bertz CT molecular complexity index is 656. The summed E-state index contributed by atoms with van der Waals surface area (Å²) in [5, 5.41) is 0. The molecule has 1 amide bonds. The number of fused-ring (bicyclic) bond motifs is 1. The molecule has 3 rings (SSSR count). The van der Waals surface area contributed by atoms with Crippen LogP contribution in [0, 0.1) is 11.8 Å². The summed E-state index contributed by atoms with van der Waals surface area (Å²) in [5.41, 5.74) is 4.18. The van der Waals surface area contributed by atoms with Crippen molar-refractivity contribution >= 4 is 5.91 Å². The number of hydrogen-bond acceptors (Lipinski definition) is 1. The van der Waals surface area contributed by atoms with E-state index in [1.807, 2.05) is 49.1 Å². The Morgan fingerprint density at radius 1 is 1.19 bits per heavy atom. The average molecular weight is 279 g/mol. The highest BCUT2D eigenvalue weighted by Gasteiger charge is 2.20. The minimum Gasteiger partial charge on any atom is -0.307 e. The SMILES string of the molecule is CC.CC(=O)N1Cc2ccccc2C#CC2=C1C=CCC2. The maximum Gasteiger partial charge on any atom is 0.224 e. The first-order valence-corrected chi connectivity index (χ1v) is 7.53. The minimum absolute atomic E-state index is 0.0672. The van der Waals surface area contributed by atoms with Gasteiger partial charge in [0.15, 0.2) is 0 Å². The second kappa shape index (κ2) is 6.95. The van der Waals surface area contributed by atoms with Crippen molar-refractivity contribution < 1.29 is 4.79 Å². The zero-order valence-electron chi connectivity index (χ0n) is 12.9. The lowest BCUT2D eigenvalue weighted by atomic mass is 9.97. The number of rotatable bonds is 0. The highest BCUT2D eigenvalue weighted by atomic mass is 16.2. The topological polar surface area (TPSA) is 20.3 Å². The molecule has 0 saturated heterocycles. The quantitative estimate of drug-likeness (QED) is 0.657. The molecule has 0 aromatic heterocycles. The van der Waals surface area contributed by atoms with Crippen LogP contribution in [0.2, 0.25) is 0 Å². The van der Waals surface area contributed by atoms with Crippen LogP contribution in [0.25, 0.3) is 0 Å². The van der Waals surface area contributed by atoms with Crippen LogP contribution >= 0.6 is 0 Å². The van der Waals surface area contributed by atoms with Crippen LogP contribution in [0.15, 0.2) is 47.7 Å². The van der Waals surface area contributed by atoms with Gasteiger partial charge in [-0.3, -0.25) is 4.79 Å². The zero-order valence-corrected chi connectivity index (χ0v) is 12.9. The molecule has 1 heterocycles. The summed E-state index contributed by atoms with van der Waals surface area (Å²) in [5.74, 6) is 6.56. The van der Waals surface area contributed by atoms with Gasteiger partial charge in [-0.15, -0.1) is 0 Å². The van der Waals surface area contributed by atoms with E-state index in [0.29, 0.717) is 6.54 Å². The van der Waals surface area contributed by atoms with Gasteiger partial charge >= 0.3 is 0 Å². The highest BCUT2D eigenvalue weighted by molar-refractivity contribution is 5.77. The van der Waals surface area contributed by atoms with E-state index >= 15 is 0 Å². The molecule has 0 atom stereocenters. The van der Waals surface area contributed by atoms with E-state index in [9.17, 15) is 4.79 Å². The largest absolute Gasteiger partial charge is 0.307 e. The summed E-state index contributed by atoms with van der Waals surface area (Å²) < 4.78 is 0. The van der Waals surface area contributed by atoms with Crippen LogP contribution < -0.4 is 0 Å². The summed E-state index contributed by atoms with van der Waals surface area (Å²) in [7, 11) is 0. The van der Waals surface area contributed by atoms with E-state index in [1.165, 1.54) is 0 Å². The van der Waals surface area contributed by atoms with Gasteiger partial charge in [0.2, 0.25) is 5.91 Å². The molecule has 108 valence electrons. The van der Waals surface area contributed by atoms with Gasteiger partial charge < -0.3 is 4.90 Å². The first kappa shape index (κ1) is 15.1. The lowest BCUT2D eigenvalue weighted by Crippen LogP contribution is -2.29. The average Bonchev–Trinajstić information content (AvgIpc) is 2.51. The third kappa shape index (κ3) is 3.25. The van der Waals surface area contributed by atoms with Crippen molar-refractivity contribution in [2.75, 3.05) is 0 Å². The van der Waals surface area contributed by atoms with E-state index in [0.717, 1.165) is 35.2 Å². The molecule has 0 radical (unpaired) electrons. The number of hydrogen-bond donors (Lipinski definition) is 0. The molecular weight excluding hydrogens is 258 g/mol. The van der Waals surface area contributed by atoms with Crippen LogP contribution in [-0.2, 0) is 11.3 Å².